The predicted molar refractivity (Wildman–Crippen MR) is 134 cm³/mol. The fourth-order valence-corrected chi connectivity index (χ4v) is 11.9. The quantitative estimate of drug-likeness (QED) is 0.566. The van der Waals surface area contributed by atoms with E-state index in [-0.39, 0.29) is 34.1 Å². The van der Waals surface area contributed by atoms with E-state index in [1.807, 2.05) is 0 Å². The van der Waals surface area contributed by atoms with E-state index in [0.717, 1.165) is 25.7 Å². The van der Waals surface area contributed by atoms with Crippen LogP contribution in [-0.4, -0.2) is 57.5 Å². The number of hydrogen-bond acceptors (Lipinski definition) is 5. The van der Waals surface area contributed by atoms with Crippen LogP contribution in [0.5, 0.6) is 0 Å². The molecular weight excluding hydrogens is 438 g/mol. The number of aliphatic hydroxyl groups excluding tert-OH is 2. The molecule has 0 aromatic carbocycles. The molecule has 0 amide bonds. The van der Waals surface area contributed by atoms with Crippen molar-refractivity contribution in [2.24, 2.45) is 39.9 Å². The van der Waals surface area contributed by atoms with Crippen LogP contribution in [0.2, 0.25) is 0 Å². The van der Waals surface area contributed by atoms with E-state index in [4.69, 9.17) is 9.47 Å². The van der Waals surface area contributed by atoms with Crippen molar-refractivity contribution in [1.29, 1.82) is 0 Å². The van der Waals surface area contributed by atoms with Gasteiger partial charge in [-0.3, -0.25) is 4.90 Å². The lowest BCUT2D eigenvalue weighted by Gasteiger charge is -2.68. The molecule has 1 spiro atoms. The van der Waals surface area contributed by atoms with E-state index in [1.54, 1.807) is 0 Å². The second kappa shape index (κ2) is 7.25. The number of nitrogens with zero attached hydrogens (tertiary/aromatic N) is 1. The Kier molecular flexibility index (Phi) is 4.95. The summed E-state index contributed by atoms with van der Waals surface area (Å²) in [5, 5.41) is 23.7. The summed E-state index contributed by atoms with van der Waals surface area (Å²) in [6, 6.07) is 0.465. The molecule has 13 atom stereocenters. The lowest BCUT2D eigenvalue weighted by Crippen LogP contribution is -2.72. The Labute approximate surface area is 212 Å². The lowest BCUT2D eigenvalue weighted by molar-refractivity contribution is -0.304. The topological polar surface area (TPSA) is 62.2 Å². The fraction of sp³-hybridized carbons (Fsp3) is 1.00. The van der Waals surface area contributed by atoms with Gasteiger partial charge in [-0.2, -0.15) is 0 Å². The molecule has 0 radical (unpaired) electrons. The van der Waals surface area contributed by atoms with Gasteiger partial charge in [-0.15, -0.1) is 0 Å². The summed E-state index contributed by atoms with van der Waals surface area (Å²) in [6.07, 6.45) is 12.1. The maximum Gasteiger partial charge on any atom is 0.166 e. The van der Waals surface area contributed by atoms with Crippen LogP contribution in [0.1, 0.15) is 105 Å². The average molecular weight is 488 g/mol. The summed E-state index contributed by atoms with van der Waals surface area (Å²) < 4.78 is 12.5. The molecule has 35 heavy (non-hydrogen) atoms. The van der Waals surface area contributed by atoms with Gasteiger partial charge in [0.05, 0.1) is 18.8 Å². The first kappa shape index (κ1) is 23.9. The first-order valence-electron chi connectivity index (χ1n) is 15.0. The smallest absolute Gasteiger partial charge is 0.166 e. The molecule has 198 valence electrons. The van der Waals surface area contributed by atoms with Gasteiger partial charge in [0.2, 0.25) is 0 Å². The van der Waals surface area contributed by atoms with E-state index >= 15 is 0 Å². The van der Waals surface area contributed by atoms with Crippen molar-refractivity contribution < 1.29 is 19.7 Å². The zero-order chi connectivity index (χ0) is 24.6. The van der Waals surface area contributed by atoms with Crippen LogP contribution in [0.4, 0.5) is 0 Å². The van der Waals surface area contributed by atoms with Gasteiger partial charge in [0.1, 0.15) is 6.23 Å². The molecule has 5 heteroatoms. The maximum absolute atomic E-state index is 11.9. The number of piperidine rings is 2. The summed E-state index contributed by atoms with van der Waals surface area (Å²) >= 11 is 0. The summed E-state index contributed by atoms with van der Waals surface area (Å²) in [7, 11) is 0. The van der Waals surface area contributed by atoms with Crippen LogP contribution in [0.15, 0.2) is 0 Å². The van der Waals surface area contributed by atoms with Crippen molar-refractivity contribution in [2.45, 2.75) is 141 Å². The molecule has 2 N–H and O–H groups in total. The van der Waals surface area contributed by atoms with Crippen molar-refractivity contribution in [1.82, 2.24) is 4.90 Å². The molecular formula is C30H49NO4. The zero-order valence-corrected chi connectivity index (χ0v) is 22.8. The normalized spacial score (nSPS) is 60.9. The molecule has 2 aliphatic carbocycles. The van der Waals surface area contributed by atoms with Crippen LogP contribution in [0.3, 0.4) is 0 Å². The molecule has 7 aliphatic rings. The van der Waals surface area contributed by atoms with E-state index in [2.05, 4.69) is 39.5 Å². The third kappa shape index (κ3) is 2.64. The van der Waals surface area contributed by atoms with Crippen LogP contribution in [0.25, 0.3) is 0 Å². The Morgan fingerprint density at radius 2 is 1.80 bits per heavy atom. The van der Waals surface area contributed by atoms with Gasteiger partial charge in [-0.05, 0) is 93.3 Å². The highest BCUT2D eigenvalue weighted by atomic mass is 16.7. The fourth-order valence-electron chi connectivity index (χ4n) is 11.9. The van der Waals surface area contributed by atoms with Gasteiger partial charge in [0.25, 0.3) is 0 Å². The summed E-state index contributed by atoms with van der Waals surface area (Å²) in [5.74, 6) is 1.88. The highest BCUT2D eigenvalue weighted by Gasteiger charge is 2.81. The van der Waals surface area contributed by atoms with Crippen LogP contribution in [0, 0.1) is 39.9 Å². The van der Waals surface area contributed by atoms with Gasteiger partial charge in [0, 0.05) is 29.3 Å². The first-order chi connectivity index (χ1) is 16.5. The Bertz CT molecular complexity index is 896. The van der Waals surface area contributed by atoms with E-state index in [0.29, 0.717) is 36.3 Å². The third-order valence-corrected chi connectivity index (χ3v) is 13.7. The van der Waals surface area contributed by atoms with E-state index in [9.17, 15) is 10.2 Å². The van der Waals surface area contributed by atoms with Crippen LogP contribution >= 0.6 is 0 Å². The minimum absolute atomic E-state index is 0.0921. The lowest BCUT2D eigenvalue weighted by atomic mass is 9.42. The highest BCUT2D eigenvalue weighted by molar-refractivity contribution is 5.32. The summed E-state index contributed by atoms with van der Waals surface area (Å²) in [5.41, 5.74) is 0.237. The zero-order valence-electron chi connectivity index (χ0n) is 22.8. The second-order valence-corrected chi connectivity index (χ2v) is 15.0. The second-order valence-electron chi connectivity index (χ2n) is 15.0. The standard InChI is InChI=1S/C30H49NO4/c1-18(2)19-8-13-27(4)20-9-15-29-12-6-7-21(29)30(27,24(19)31(29)25(20)33)16-10-22(32)26(3)17-34-28(5)14-11-23(26)35-28/h18-25,32-33H,6-17H2,1-5H3/t19-,20-,21-,22+,23-,24+,25+,26+,27+,28+,29-,30+/m1/s1. The van der Waals surface area contributed by atoms with Crippen LogP contribution < -0.4 is 0 Å². The van der Waals surface area contributed by atoms with Crippen molar-refractivity contribution in [3.63, 3.8) is 0 Å². The molecule has 0 aromatic heterocycles. The molecule has 5 nitrogen and oxygen atoms in total. The van der Waals surface area contributed by atoms with Gasteiger partial charge >= 0.3 is 0 Å². The van der Waals surface area contributed by atoms with Gasteiger partial charge in [-0.25, -0.2) is 0 Å². The van der Waals surface area contributed by atoms with E-state index < -0.39 is 11.9 Å². The van der Waals surface area contributed by atoms with Gasteiger partial charge < -0.3 is 19.7 Å². The summed E-state index contributed by atoms with van der Waals surface area (Å²) in [4.78, 5) is 2.73. The van der Waals surface area contributed by atoms with Gasteiger partial charge in [-0.1, -0.05) is 34.1 Å². The molecule has 7 bridgehead atoms. The number of fused-ring (bicyclic) bond motifs is 4. The third-order valence-electron chi connectivity index (χ3n) is 13.7. The van der Waals surface area contributed by atoms with E-state index in [1.165, 1.54) is 44.9 Å². The SMILES string of the molecule is CC(C)[C@H]1CC[C@@]2(C)[C@@H]3CC[C@]45CCC[C@H]4[C@@]2(CC[C@H](O)[C@]2(C)CO[C@]4(C)CC[C@H]2O4)[C@H]1N5[C@H]3O. The monoisotopic (exact) mass is 487 g/mol. The predicted octanol–water partition coefficient (Wildman–Crippen LogP) is 5.08. The Hall–Kier alpha value is -0.200. The Balaban J connectivity index is 1.27. The first-order valence-corrected chi connectivity index (χ1v) is 15.0. The number of aliphatic hydroxyl groups is 2. The Morgan fingerprint density at radius 1 is 1.00 bits per heavy atom. The largest absolute Gasteiger partial charge is 0.392 e. The molecule has 5 heterocycles. The van der Waals surface area contributed by atoms with Crippen molar-refractivity contribution >= 4 is 0 Å². The molecule has 2 saturated carbocycles. The van der Waals surface area contributed by atoms with Crippen molar-refractivity contribution in [2.75, 3.05) is 6.61 Å². The highest BCUT2D eigenvalue weighted by Crippen LogP contribution is 2.80. The number of ether oxygens (including phenoxy) is 2. The molecule has 1 unspecified atom stereocenters. The minimum Gasteiger partial charge on any atom is -0.392 e. The molecule has 5 aliphatic heterocycles. The van der Waals surface area contributed by atoms with Crippen LogP contribution in [-0.2, 0) is 9.47 Å². The van der Waals surface area contributed by atoms with Gasteiger partial charge in [0.15, 0.2) is 5.79 Å². The number of rotatable bonds is 5. The molecule has 5 saturated heterocycles. The minimum atomic E-state index is -0.446. The molecule has 0 aromatic rings. The Morgan fingerprint density at radius 3 is 2.57 bits per heavy atom. The molecule has 7 rings (SSSR count). The maximum atomic E-state index is 11.9. The van der Waals surface area contributed by atoms with Crippen molar-refractivity contribution in [3.05, 3.63) is 0 Å². The summed E-state index contributed by atoms with van der Waals surface area (Å²) in [6.45, 7) is 12.3. The molecule has 7 fully saturated rings. The average Bonchev–Trinajstić information content (AvgIpc) is 3.42. The number of hydrogen-bond donors (Lipinski definition) is 2. The van der Waals surface area contributed by atoms with Crippen molar-refractivity contribution in [3.8, 4) is 0 Å².